The van der Waals surface area contributed by atoms with Crippen molar-refractivity contribution in [2.24, 2.45) is 0 Å². The Morgan fingerprint density at radius 2 is 2.09 bits per heavy atom. The van der Waals surface area contributed by atoms with Gasteiger partial charge >= 0.3 is 0 Å². The Labute approximate surface area is 135 Å². The number of amides is 1. The van der Waals surface area contributed by atoms with Crippen molar-refractivity contribution in [2.45, 2.75) is 64.1 Å². The highest BCUT2D eigenvalue weighted by atomic mass is 16.5. The molecule has 2 atom stereocenters. The van der Waals surface area contributed by atoms with Crippen molar-refractivity contribution >= 4 is 5.91 Å². The summed E-state index contributed by atoms with van der Waals surface area (Å²) in [6.45, 7) is 8.37. The lowest BCUT2D eigenvalue weighted by molar-refractivity contribution is -0.136. The molecule has 2 fully saturated rings. The molecule has 5 heteroatoms. The first kappa shape index (κ1) is 17.7. The SMILES string of the molecule is CCN(C(=O)[C@@H](C)NC[C@H]1CN(C)CCO1)C1CCCCC1. The molecule has 1 N–H and O–H groups in total. The molecule has 0 aromatic heterocycles. The predicted octanol–water partition coefficient (Wildman–Crippen LogP) is 1.48. The van der Waals surface area contributed by atoms with Gasteiger partial charge in [-0.25, -0.2) is 0 Å². The zero-order chi connectivity index (χ0) is 15.9. The smallest absolute Gasteiger partial charge is 0.239 e. The number of likely N-dealkylation sites (N-methyl/N-ethyl adjacent to an activating group) is 2. The summed E-state index contributed by atoms with van der Waals surface area (Å²) in [4.78, 5) is 17.1. The molecule has 1 aliphatic heterocycles. The van der Waals surface area contributed by atoms with Crippen LogP contribution in [-0.2, 0) is 9.53 Å². The van der Waals surface area contributed by atoms with Gasteiger partial charge in [0.05, 0.1) is 18.8 Å². The Morgan fingerprint density at radius 1 is 1.36 bits per heavy atom. The molecule has 2 aliphatic rings. The van der Waals surface area contributed by atoms with Gasteiger partial charge in [-0.1, -0.05) is 19.3 Å². The Kier molecular flexibility index (Phi) is 7.12. The molecule has 5 nitrogen and oxygen atoms in total. The molecular formula is C17H33N3O2. The minimum Gasteiger partial charge on any atom is -0.374 e. The van der Waals surface area contributed by atoms with E-state index in [1.165, 1.54) is 32.1 Å². The minimum atomic E-state index is -0.127. The normalized spacial score (nSPS) is 25.9. The van der Waals surface area contributed by atoms with Crippen molar-refractivity contribution in [1.82, 2.24) is 15.1 Å². The molecule has 22 heavy (non-hydrogen) atoms. The van der Waals surface area contributed by atoms with E-state index in [-0.39, 0.29) is 18.1 Å². The molecule has 2 rings (SSSR count). The molecule has 1 aliphatic carbocycles. The Hall–Kier alpha value is -0.650. The molecule has 0 spiro atoms. The maximum atomic E-state index is 12.7. The van der Waals surface area contributed by atoms with Gasteiger partial charge in [0.1, 0.15) is 0 Å². The fraction of sp³-hybridized carbons (Fsp3) is 0.941. The average molecular weight is 311 g/mol. The van der Waals surface area contributed by atoms with E-state index in [1.807, 2.05) is 6.92 Å². The first-order valence-electron chi connectivity index (χ1n) is 8.95. The van der Waals surface area contributed by atoms with Crippen LogP contribution in [0, 0.1) is 0 Å². The Balaban J connectivity index is 1.79. The van der Waals surface area contributed by atoms with Gasteiger partial charge in [-0.05, 0) is 33.7 Å². The van der Waals surface area contributed by atoms with E-state index in [9.17, 15) is 4.79 Å². The molecule has 1 amide bonds. The lowest BCUT2D eigenvalue weighted by Crippen LogP contribution is -2.52. The van der Waals surface area contributed by atoms with Crippen LogP contribution in [0.15, 0.2) is 0 Å². The zero-order valence-electron chi connectivity index (χ0n) is 14.5. The van der Waals surface area contributed by atoms with Gasteiger partial charge in [0, 0.05) is 32.2 Å². The molecule has 1 saturated heterocycles. The van der Waals surface area contributed by atoms with Gasteiger partial charge in [0.2, 0.25) is 5.91 Å². The second-order valence-corrected chi connectivity index (χ2v) is 6.80. The highest BCUT2D eigenvalue weighted by molar-refractivity contribution is 5.81. The Morgan fingerprint density at radius 3 is 2.73 bits per heavy atom. The third-order valence-electron chi connectivity index (χ3n) is 5.00. The van der Waals surface area contributed by atoms with Crippen molar-refractivity contribution in [3.8, 4) is 0 Å². The van der Waals surface area contributed by atoms with Crippen LogP contribution in [0.5, 0.6) is 0 Å². The van der Waals surface area contributed by atoms with Crippen LogP contribution in [-0.4, -0.2) is 73.7 Å². The van der Waals surface area contributed by atoms with E-state index < -0.39 is 0 Å². The van der Waals surface area contributed by atoms with Gasteiger partial charge in [0.25, 0.3) is 0 Å². The summed E-state index contributed by atoms with van der Waals surface area (Å²) in [5, 5.41) is 3.38. The maximum absolute atomic E-state index is 12.7. The van der Waals surface area contributed by atoms with E-state index in [0.717, 1.165) is 32.8 Å². The topological polar surface area (TPSA) is 44.8 Å². The molecular weight excluding hydrogens is 278 g/mol. The van der Waals surface area contributed by atoms with Crippen LogP contribution < -0.4 is 5.32 Å². The number of hydrogen-bond donors (Lipinski definition) is 1. The monoisotopic (exact) mass is 311 g/mol. The fourth-order valence-corrected chi connectivity index (χ4v) is 3.62. The Bertz CT molecular complexity index is 345. The number of hydrogen-bond acceptors (Lipinski definition) is 4. The quantitative estimate of drug-likeness (QED) is 0.807. The van der Waals surface area contributed by atoms with E-state index in [0.29, 0.717) is 6.04 Å². The van der Waals surface area contributed by atoms with Crippen LogP contribution in [0.2, 0.25) is 0 Å². The first-order chi connectivity index (χ1) is 10.6. The van der Waals surface area contributed by atoms with Crippen molar-refractivity contribution in [3.63, 3.8) is 0 Å². The summed E-state index contributed by atoms with van der Waals surface area (Å²) in [7, 11) is 2.12. The van der Waals surface area contributed by atoms with Crippen molar-refractivity contribution in [3.05, 3.63) is 0 Å². The van der Waals surface area contributed by atoms with Crippen LogP contribution in [0.3, 0.4) is 0 Å². The van der Waals surface area contributed by atoms with Crippen molar-refractivity contribution in [1.29, 1.82) is 0 Å². The lowest BCUT2D eigenvalue weighted by atomic mass is 9.94. The van der Waals surface area contributed by atoms with Gasteiger partial charge in [-0.15, -0.1) is 0 Å². The first-order valence-corrected chi connectivity index (χ1v) is 8.95. The lowest BCUT2D eigenvalue weighted by Gasteiger charge is -2.36. The summed E-state index contributed by atoms with van der Waals surface area (Å²) < 4.78 is 5.75. The van der Waals surface area contributed by atoms with E-state index in [2.05, 4.69) is 29.1 Å². The second kappa shape index (κ2) is 8.85. The number of carbonyl (C=O) groups excluding carboxylic acids is 1. The van der Waals surface area contributed by atoms with Gasteiger partial charge < -0.3 is 19.9 Å². The number of nitrogens with zero attached hydrogens (tertiary/aromatic N) is 2. The fourth-order valence-electron chi connectivity index (χ4n) is 3.62. The number of carbonyl (C=O) groups is 1. The molecule has 0 aromatic carbocycles. The summed E-state index contributed by atoms with van der Waals surface area (Å²) in [6, 6.07) is 0.324. The van der Waals surface area contributed by atoms with Crippen LogP contribution in [0.4, 0.5) is 0 Å². The maximum Gasteiger partial charge on any atom is 0.239 e. The van der Waals surface area contributed by atoms with Gasteiger partial charge in [-0.3, -0.25) is 4.79 Å². The highest BCUT2D eigenvalue weighted by Crippen LogP contribution is 2.23. The van der Waals surface area contributed by atoms with Crippen LogP contribution in [0.25, 0.3) is 0 Å². The second-order valence-electron chi connectivity index (χ2n) is 6.80. The molecule has 0 radical (unpaired) electrons. The van der Waals surface area contributed by atoms with E-state index >= 15 is 0 Å². The largest absolute Gasteiger partial charge is 0.374 e. The highest BCUT2D eigenvalue weighted by Gasteiger charge is 2.28. The molecule has 1 saturated carbocycles. The third-order valence-corrected chi connectivity index (χ3v) is 5.00. The van der Waals surface area contributed by atoms with Crippen LogP contribution >= 0.6 is 0 Å². The molecule has 1 heterocycles. The van der Waals surface area contributed by atoms with Crippen LogP contribution in [0.1, 0.15) is 46.0 Å². The average Bonchev–Trinajstić information content (AvgIpc) is 2.54. The molecule has 0 unspecified atom stereocenters. The van der Waals surface area contributed by atoms with Crippen molar-refractivity contribution in [2.75, 3.05) is 39.8 Å². The third kappa shape index (κ3) is 4.93. The molecule has 128 valence electrons. The zero-order valence-corrected chi connectivity index (χ0v) is 14.5. The van der Waals surface area contributed by atoms with E-state index in [1.54, 1.807) is 0 Å². The summed E-state index contributed by atoms with van der Waals surface area (Å²) in [5.41, 5.74) is 0. The van der Waals surface area contributed by atoms with Crippen molar-refractivity contribution < 1.29 is 9.53 Å². The minimum absolute atomic E-state index is 0.127. The number of nitrogens with one attached hydrogen (secondary N) is 1. The number of morpholine rings is 1. The molecule has 0 bridgehead atoms. The molecule has 0 aromatic rings. The summed E-state index contributed by atoms with van der Waals surface area (Å²) in [5.74, 6) is 0.249. The summed E-state index contributed by atoms with van der Waals surface area (Å²) in [6.07, 6.45) is 6.38. The summed E-state index contributed by atoms with van der Waals surface area (Å²) >= 11 is 0. The number of rotatable bonds is 6. The van der Waals surface area contributed by atoms with Gasteiger partial charge in [0.15, 0.2) is 0 Å². The standard InChI is InChI=1S/C17H33N3O2/c1-4-20(15-8-6-5-7-9-15)17(21)14(2)18-12-16-13-19(3)10-11-22-16/h14-16,18H,4-13H2,1-3H3/t14-,16+/m1/s1. The van der Waals surface area contributed by atoms with Gasteiger partial charge in [-0.2, -0.15) is 0 Å². The predicted molar refractivity (Wildman–Crippen MR) is 89.0 cm³/mol. The number of ether oxygens (including phenoxy) is 1. The van der Waals surface area contributed by atoms with E-state index in [4.69, 9.17) is 4.74 Å².